The molecule has 1 amide bonds. The van der Waals surface area contributed by atoms with Gasteiger partial charge in [0.1, 0.15) is 5.75 Å². The third-order valence-corrected chi connectivity index (χ3v) is 5.96. The number of likely N-dealkylation sites (N-methyl/N-ethyl adjacent to an activating group) is 1. The first-order valence-electron chi connectivity index (χ1n) is 11.4. The molecule has 1 aromatic rings. The van der Waals surface area contributed by atoms with Crippen molar-refractivity contribution in [3.05, 3.63) is 23.8 Å². The summed E-state index contributed by atoms with van der Waals surface area (Å²) in [6.07, 6.45) is 2.87. The Hall–Kier alpha value is -1.83. The van der Waals surface area contributed by atoms with E-state index in [1.165, 1.54) is 0 Å². The zero-order valence-corrected chi connectivity index (χ0v) is 20.1. The van der Waals surface area contributed by atoms with Gasteiger partial charge in [-0.25, -0.2) is 0 Å². The van der Waals surface area contributed by atoms with Gasteiger partial charge in [-0.05, 0) is 58.4 Å². The predicted octanol–water partition coefficient (Wildman–Crippen LogP) is 2.77. The van der Waals surface area contributed by atoms with Crippen LogP contribution in [0.25, 0.3) is 0 Å². The van der Waals surface area contributed by atoms with E-state index in [2.05, 4.69) is 12.2 Å². The zero-order valence-electron chi connectivity index (χ0n) is 20.1. The minimum absolute atomic E-state index is 0.00422. The minimum Gasteiger partial charge on any atom is -0.490 e. The van der Waals surface area contributed by atoms with E-state index in [0.29, 0.717) is 24.5 Å². The van der Waals surface area contributed by atoms with E-state index in [9.17, 15) is 9.90 Å². The second-order valence-electron chi connectivity index (χ2n) is 8.93. The normalized spacial score (nSPS) is 24.7. The van der Waals surface area contributed by atoms with Gasteiger partial charge in [-0.2, -0.15) is 0 Å². The van der Waals surface area contributed by atoms with Crippen molar-refractivity contribution < 1.29 is 19.4 Å². The third kappa shape index (κ3) is 7.09. The van der Waals surface area contributed by atoms with Gasteiger partial charge in [0.25, 0.3) is 5.91 Å². The first-order chi connectivity index (χ1) is 14.8. The summed E-state index contributed by atoms with van der Waals surface area (Å²) in [4.78, 5) is 17.5. The number of ether oxygens (including phenoxy) is 2. The number of anilines is 1. The van der Waals surface area contributed by atoms with E-state index in [1.54, 1.807) is 4.90 Å². The van der Waals surface area contributed by atoms with Crippen LogP contribution in [0.1, 0.15) is 50.4 Å². The maximum absolute atomic E-state index is 13.8. The molecule has 0 aromatic heterocycles. The Labute approximate surface area is 187 Å². The molecule has 4 atom stereocenters. The molecule has 0 unspecified atom stereocenters. The van der Waals surface area contributed by atoms with Crippen molar-refractivity contribution in [2.45, 2.75) is 58.3 Å². The fourth-order valence-corrected chi connectivity index (χ4v) is 3.88. The first kappa shape index (κ1) is 25.4. The summed E-state index contributed by atoms with van der Waals surface area (Å²) >= 11 is 0. The van der Waals surface area contributed by atoms with Gasteiger partial charge in [-0.3, -0.25) is 4.79 Å². The lowest BCUT2D eigenvalue weighted by molar-refractivity contribution is -0.000449. The zero-order chi connectivity index (χ0) is 23.0. The van der Waals surface area contributed by atoms with Gasteiger partial charge in [-0.1, -0.05) is 6.92 Å². The smallest absolute Gasteiger partial charge is 0.258 e. The van der Waals surface area contributed by atoms with Crippen LogP contribution in [0.3, 0.4) is 0 Å². The van der Waals surface area contributed by atoms with Crippen LogP contribution in [0.15, 0.2) is 18.2 Å². The highest BCUT2D eigenvalue weighted by molar-refractivity contribution is 5.98. The van der Waals surface area contributed by atoms with Crippen LogP contribution in [0.4, 0.5) is 5.69 Å². The van der Waals surface area contributed by atoms with E-state index in [-0.39, 0.29) is 36.7 Å². The van der Waals surface area contributed by atoms with Gasteiger partial charge in [0.05, 0.1) is 30.4 Å². The van der Waals surface area contributed by atoms with Crippen LogP contribution >= 0.6 is 0 Å². The molecule has 1 heterocycles. The van der Waals surface area contributed by atoms with Gasteiger partial charge >= 0.3 is 0 Å². The summed E-state index contributed by atoms with van der Waals surface area (Å²) in [7, 11) is 5.82. The quantitative estimate of drug-likeness (QED) is 0.741. The molecule has 7 heteroatoms. The maximum atomic E-state index is 13.8. The molecule has 7 nitrogen and oxygen atoms in total. The number of benzene rings is 1. The summed E-state index contributed by atoms with van der Waals surface area (Å²) in [5, 5.41) is 13.1. The molecule has 1 aromatic carbocycles. The van der Waals surface area contributed by atoms with Gasteiger partial charge in [-0.15, -0.1) is 0 Å². The molecule has 2 N–H and O–H groups in total. The number of carbonyl (C=O) groups is 1. The number of carbonyl (C=O) groups excluding carboxylic acids is 1. The van der Waals surface area contributed by atoms with Gasteiger partial charge in [0, 0.05) is 45.4 Å². The number of fused-ring (bicyclic) bond motifs is 1. The predicted molar refractivity (Wildman–Crippen MR) is 125 cm³/mol. The Morgan fingerprint density at radius 3 is 2.68 bits per heavy atom. The largest absolute Gasteiger partial charge is 0.490 e. The lowest BCUT2D eigenvalue weighted by Gasteiger charge is -2.34. The molecule has 176 valence electrons. The highest BCUT2D eigenvalue weighted by atomic mass is 16.5. The molecule has 0 aliphatic carbocycles. The SMILES string of the molecule is CNC[C@@H]1OCCCC[C@@H](C)Oc2ccc(N(C)C)cc2C(=O)N([C@H](C)CO)C[C@@H]1C. The fraction of sp³-hybridized carbons (Fsp3) is 0.708. The van der Waals surface area contributed by atoms with Crippen molar-refractivity contribution in [3.63, 3.8) is 0 Å². The Morgan fingerprint density at radius 1 is 1.29 bits per heavy atom. The molecule has 0 fully saturated rings. The second kappa shape index (κ2) is 12.3. The van der Waals surface area contributed by atoms with Crippen molar-refractivity contribution in [2.24, 2.45) is 5.92 Å². The number of aliphatic hydroxyl groups is 1. The number of nitrogens with zero attached hydrogens (tertiary/aromatic N) is 2. The highest BCUT2D eigenvalue weighted by Crippen LogP contribution is 2.29. The van der Waals surface area contributed by atoms with Gasteiger partial charge in [0.2, 0.25) is 0 Å². The number of hydrogen-bond acceptors (Lipinski definition) is 6. The topological polar surface area (TPSA) is 74.3 Å². The average Bonchev–Trinajstić information content (AvgIpc) is 2.74. The maximum Gasteiger partial charge on any atom is 0.258 e. The summed E-state index contributed by atoms with van der Waals surface area (Å²) in [5.41, 5.74) is 1.47. The van der Waals surface area contributed by atoms with Crippen molar-refractivity contribution in [1.82, 2.24) is 10.2 Å². The molecular formula is C24H41N3O4. The van der Waals surface area contributed by atoms with E-state index in [0.717, 1.165) is 31.5 Å². The van der Waals surface area contributed by atoms with E-state index >= 15 is 0 Å². The number of amides is 1. The number of hydrogen-bond donors (Lipinski definition) is 2. The molecule has 0 saturated heterocycles. The number of rotatable bonds is 5. The highest BCUT2D eigenvalue weighted by Gasteiger charge is 2.29. The summed E-state index contributed by atoms with van der Waals surface area (Å²) in [5.74, 6) is 0.583. The molecule has 0 bridgehead atoms. The molecule has 2 rings (SSSR count). The molecule has 1 aliphatic heterocycles. The standard InChI is InChI=1S/C24H41N3O4/c1-17-15-27(18(2)16-28)24(29)21-13-20(26(5)6)10-11-22(21)31-19(3)9-7-8-12-30-23(17)14-25-4/h10-11,13,17-19,23,25,28H,7-9,12,14-16H2,1-6H3/t17-,18+,19+,23-/m0/s1. The lowest BCUT2D eigenvalue weighted by atomic mass is 10.0. The fourth-order valence-electron chi connectivity index (χ4n) is 3.88. The van der Waals surface area contributed by atoms with Crippen molar-refractivity contribution >= 4 is 11.6 Å². The van der Waals surface area contributed by atoms with Gasteiger partial charge in [0.15, 0.2) is 0 Å². The van der Waals surface area contributed by atoms with Crippen LogP contribution in [-0.2, 0) is 4.74 Å². The Balaban J connectivity index is 2.47. The Kier molecular flexibility index (Phi) is 10.1. The van der Waals surface area contributed by atoms with E-state index < -0.39 is 0 Å². The molecule has 0 radical (unpaired) electrons. The second-order valence-corrected chi connectivity index (χ2v) is 8.93. The number of nitrogens with one attached hydrogen (secondary N) is 1. The summed E-state index contributed by atoms with van der Waals surface area (Å²) < 4.78 is 12.4. The lowest BCUT2D eigenvalue weighted by Crippen LogP contribution is -2.47. The Morgan fingerprint density at radius 2 is 2.03 bits per heavy atom. The number of aliphatic hydroxyl groups excluding tert-OH is 1. The van der Waals surface area contributed by atoms with E-state index in [4.69, 9.17) is 9.47 Å². The average molecular weight is 436 g/mol. The molecule has 0 spiro atoms. The third-order valence-electron chi connectivity index (χ3n) is 5.96. The molecule has 1 aliphatic rings. The van der Waals surface area contributed by atoms with Crippen molar-refractivity contribution in [1.29, 1.82) is 0 Å². The molecule has 31 heavy (non-hydrogen) atoms. The first-order valence-corrected chi connectivity index (χ1v) is 11.4. The minimum atomic E-state index is -0.314. The molecular weight excluding hydrogens is 394 g/mol. The summed E-state index contributed by atoms with van der Waals surface area (Å²) in [6, 6.07) is 5.44. The van der Waals surface area contributed by atoms with E-state index in [1.807, 2.05) is 58.1 Å². The van der Waals surface area contributed by atoms with Crippen molar-refractivity contribution in [3.8, 4) is 5.75 Å². The van der Waals surface area contributed by atoms with Crippen LogP contribution in [0, 0.1) is 5.92 Å². The van der Waals surface area contributed by atoms with Crippen molar-refractivity contribution in [2.75, 3.05) is 52.3 Å². The van der Waals surface area contributed by atoms with Crippen LogP contribution < -0.4 is 15.0 Å². The Bertz CT molecular complexity index is 697. The monoisotopic (exact) mass is 435 g/mol. The van der Waals surface area contributed by atoms with Crippen LogP contribution in [0.5, 0.6) is 5.75 Å². The van der Waals surface area contributed by atoms with Crippen LogP contribution in [0.2, 0.25) is 0 Å². The summed E-state index contributed by atoms with van der Waals surface area (Å²) in [6.45, 7) is 7.83. The van der Waals surface area contributed by atoms with Gasteiger partial charge < -0.3 is 29.7 Å². The van der Waals surface area contributed by atoms with Crippen LogP contribution in [-0.4, -0.2) is 81.6 Å². The molecule has 0 saturated carbocycles.